The Morgan fingerprint density at radius 2 is 2.32 bits per heavy atom. The second-order valence-electron chi connectivity index (χ2n) is 4.11. The maximum atomic E-state index is 12.2. The van der Waals surface area contributed by atoms with Gasteiger partial charge in [-0.15, -0.1) is 11.3 Å². The molecule has 0 aliphatic carbocycles. The summed E-state index contributed by atoms with van der Waals surface area (Å²) in [6, 6.07) is 1.52. The number of aromatic nitrogens is 2. The summed E-state index contributed by atoms with van der Waals surface area (Å²) in [7, 11) is 1.71. The number of carbonyl (C=O) groups excluding carboxylic acids is 1. The third kappa shape index (κ3) is 3.21. The Bertz CT molecular complexity index is 614. The van der Waals surface area contributed by atoms with Crippen molar-refractivity contribution in [2.24, 2.45) is 0 Å². The van der Waals surface area contributed by atoms with Gasteiger partial charge in [-0.05, 0) is 13.0 Å². The number of nitrogens with zero attached hydrogens (tertiary/aromatic N) is 3. The molecule has 19 heavy (non-hydrogen) atoms. The molecule has 2 N–H and O–H groups in total. The molecular formula is C12H13ClN4OS. The van der Waals surface area contributed by atoms with Crippen LogP contribution in [-0.4, -0.2) is 27.8 Å². The van der Waals surface area contributed by atoms with Crippen molar-refractivity contribution in [3.63, 3.8) is 0 Å². The van der Waals surface area contributed by atoms with Crippen LogP contribution in [0, 0.1) is 6.92 Å². The van der Waals surface area contributed by atoms with Crippen LogP contribution in [0.3, 0.4) is 0 Å². The van der Waals surface area contributed by atoms with Gasteiger partial charge >= 0.3 is 0 Å². The molecule has 0 aromatic carbocycles. The summed E-state index contributed by atoms with van der Waals surface area (Å²) in [6.07, 6.45) is 1.42. The lowest BCUT2D eigenvalue weighted by atomic mass is 10.2. The minimum Gasteiger partial charge on any atom is -0.382 e. The predicted molar refractivity (Wildman–Crippen MR) is 76.3 cm³/mol. The first-order valence-electron chi connectivity index (χ1n) is 5.55. The van der Waals surface area contributed by atoms with E-state index in [9.17, 15) is 4.79 Å². The van der Waals surface area contributed by atoms with Crippen LogP contribution < -0.4 is 5.73 Å². The van der Waals surface area contributed by atoms with E-state index >= 15 is 0 Å². The highest BCUT2D eigenvalue weighted by Gasteiger charge is 2.14. The summed E-state index contributed by atoms with van der Waals surface area (Å²) >= 11 is 7.42. The number of nitrogen functional groups attached to an aromatic ring is 1. The van der Waals surface area contributed by atoms with Gasteiger partial charge in [0.15, 0.2) is 0 Å². The van der Waals surface area contributed by atoms with E-state index in [2.05, 4.69) is 9.97 Å². The van der Waals surface area contributed by atoms with Crippen molar-refractivity contribution >= 4 is 34.7 Å². The molecule has 2 rings (SSSR count). The SMILES string of the molecule is Cc1nc(CN(C)C(=O)c2cnc(N)c(Cl)c2)cs1. The fourth-order valence-corrected chi connectivity index (χ4v) is 2.35. The molecule has 0 aliphatic rings. The van der Waals surface area contributed by atoms with Crippen molar-refractivity contribution in [2.45, 2.75) is 13.5 Å². The highest BCUT2D eigenvalue weighted by atomic mass is 35.5. The van der Waals surface area contributed by atoms with Gasteiger partial charge < -0.3 is 10.6 Å². The third-order valence-corrected chi connectivity index (χ3v) is 3.65. The van der Waals surface area contributed by atoms with Crippen molar-refractivity contribution in [1.82, 2.24) is 14.9 Å². The first-order valence-corrected chi connectivity index (χ1v) is 6.80. The maximum Gasteiger partial charge on any atom is 0.255 e. The number of carbonyl (C=O) groups is 1. The van der Waals surface area contributed by atoms with E-state index < -0.39 is 0 Å². The number of halogens is 1. The molecule has 5 nitrogen and oxygen atoms in total. The first kappa shape index (κ1) is 13.8. The Morgan fingerprint density at radius 1 is 1.58 bits per heavy atom. The first-order chi connectivity index (χ1) is 8.97. The van der Waals surface area contributed by atoms with Crippen molar-refractivity contribution in [1.29, 1.82) is 0 Å². The zero-order valence-corrected chi connectivity index (χ0v) is 12.1. The molecule has 1 amide bonds. The minimum atomic E-state index is -0.167. The number of pyridine rings is 1. The molecule has 0 saturated heterocycles. The van der Waals surface area contributed by atoms with Crippen LogP contribution in [0.2, 0.25) is 5.02 Å². The number of nitrogens with two attached hydrogens (primary N) is 1. The minimum absolute atomic E-state index is 0.167. The molecule has 2 heterocycles. The van der Waals surface area contributed by atoms with Crippen LogP contribution in [0.4, 0.5) is 5.82 Å². The van der Waals surface area contributed by atoms with Crippen LogP contribution in [0.5, 0.6) is 0 Å². The van der Waals surface area contributed by atoms with Crippen molar-refractivity contribution in [3.05, 3.63) is 38.9 Å². The number of anilines is 1. The lowest BCUT2D eigenvalue weighted by Gasteiger charge is -2.16. The van der Waals surface area contributed by atoms with E-state index in [1.54, 1.807) is 23.3 Å². The van der Waals surface area contributed by atoms with E-state index in [-0.39, 0.29) is 16.7 Å². The summed E-state index contributed by atoms with van der Waals surface area (Å²) in [4.78, 5) is 21.9. The molecule has 0 spiro atoms. The van der Waals surface area contributed by atoms with E-state index in [0.29, 0.717) is 12.1 Å². The number of amides is 1. The molecule has 100 valence electrons. The maximum absolute atomic E-state index is 12.2. The Morgan fingerprint density at radius 3 is 2.89 bits per heavy atom. The van der Waals surface area contributed by atoms with Crippen LogP contribution in [-0.2, 0) is 6.54 Å². The summed E-state index contributed by atoms with van der Waals surface area (Å²) in [5, 5.41) is 3.20. The second kappa shape index (κ2) is 5.54. The monoisotopic (exact) mass is 296 g/mol. The lowest BCUT2D eigenvalue weighted by molar-refractivity contribution is 0.0783. The molecule has 2 aromatic heterocycles. The van der Waals surface area contributed by atoms with Gasteiger partial charge in [0.2, 0.25) is 0 Å². The molecule has 0 bridgehead atoms. The molecule has 2 aromatic rings. The molecule has 7 heteroatoms. The van der Waals surface area contributed by atoms with Gasteiger partial charge in [0.05, 0.1) is 27.8 Å². The van der Waals surface area contributed by atoms with E-state index in [1.807, 2.05) is 12.3 Å². The highest BCUT2D eigenvalue weighted by molar-refractivity contribution is 7.09. The average Bonchev–Trinajstić information content (AvgIpc) is 2.77. The number of hydrogen-bond donors (Lipinski definition) is 1. The van der Waals surface area contributed by atoms with E-state index in [1.165, 1.54) is 12.3 Å². The van der Waals surface area contributed by atoms with E-state index in [4.69, 9.17) is 17.3 Å². The molecule has 0 unspecified atom stereocenters. The summed E-state index contributed by atoms with van der Waals surface area (Å²) in [5.74, 6) is 0.0519. The van der Waals surface area contributed by atoms with Gasteiger partial charge in [0, 0.05) is 18.6 Å². The molecular weight excluding hydrogens is 284 g/mol. The Kier molecular flexibility index (Phi) is 4.01. The van der Waals surface area contributed by atoms with Crippen LogP contribution in [0.25, 0.3) is 0 Å². The smallest absolute Gasteiger partial charge is 0.255 e. The zero-order chi connectivity index (χ0) is 14.0. The van der Waals surface area contributed by atoms with Crippen molar-refractivity contribution in [2.75, 3.05) is 12.8 Å². The van der Waals surface area contributed by atoms with Gasteiger partial charge in [-0.25, -0.2) is 9.97 Å². The Hall–Kier alpha value is -1.66. The van der Waals surface area contributed by atoms with Gasteiger partial charge in [-0.1, -0.05) is 11.6 Å². The third-order valence-electron chi connectivity index (χ3n) is 2.53. The fraction of sp³-hybridized carbons (Fsp3) is 0.250. The van der Waals surface area contributed by atoms with Crippen molar-refractivity contribution in [3.8, 4) is 0 Å². The number of thiazole rings is 1. The van der Waals surface area contributed by atoms with Gasteiger partial charge in [0.25, 0.3) is 5.91 Å². The second-order valence-corrected chi connectivity index (χ2v) is 5.58. The Labute approximate surface area is 120 Å². The summed E-state index contributed by atoms with van der Waals surface area (Å²) in [5.41, 5.74) is 6.79. The van der Waals surface area contributed by atoms with Gasteiger partial charge in [-0.3, -0.25) is 4.79 Å². The van der Waals surface area contributed by atoms with E-state index in [0.717, 1.165) is 10.7 Å². The Balaban J connectivity index is 2.12. The largest absolute Gasteiger partial charge is 0.382 e. The summed E-state index contributed by atoms with van der Waals surface area (Å²) < 4.78 is 0. The number of aryl methyl sites for hydroxylation is 1. The zero-order valence-electron chi connectivity index (χ0n) is 10.6. The highest BCUT2D eigenvalue weighted by Crippen LogP contribution is 2.18. The molecule has 0 aliphatic heterocycles. The standard InChI is InChI=1S/C12H13ClN4OS/c1-7-16-9(6-19-7)5-17(2)12(18)8-3-10(13)11(14)15-4-8/h3-4,6H,5H2,1-2H3,(H2,14,15). The summed E-state index contributed by atoms with van der Waals surface area (Å²) in [6.45, 7) is 2.38. The van der Waals surface area contributed by atoms with Gasteiger partial charge in [-0.2, -0.15) is 0 Å². The quantitative estimate of drug-likeness (QED) is 0.943. The lowest BCUT2D eigenvalue weighted by Crippen LogP contribution is -2.26. The molecule has 0 fully saturated rings. The van der Waals surface area contributed by atoms with Crippen molar-refractivity contribution < 1.29 is 4.79 Å². The van der Waals surface area contributed by atoms with Crippen LogP contribution in [0.1, 0.15) is 21.1 Å². The fourth-order valence-electron chi connectivity index (χ4n) is 1.58. The topological polar surface area (TPSA) is 72.1 Å². The van der Waals surface area contributed by atoms with Crippen LogP contribution >= 0.6 is 22.9 Å². The molecule has 0 atom stereocenters. The normalized spacial score (nSPS) is 10.5. The van der Waals surface area contributed by atoms with Crippen LogP contribution in [0.15, 0.2) is 17.6 Å². The molecule has 0 radical (unpaired) electrons. The number of rotatable bonds is 3. The number of hydrogen-bond acceptors (Lipinski definition) is 5. The average molecular weight is 297 g/mol. The molecule has 0 saturated carbocycles. The van der Waals surface area contributed by atoms with Gasteiger partial charge in [0.1, 0.15) is 5.82 Å². The predicted octanol–water partition coefficient (Wildman–Crippen LogP) is 2.35.